The van der Waals surface area contributed by atoms with Gasteiger partial charge in [0.05, 0.1) is 14.2 Å². The summed E-state index contributed by atoms with van der Waals surface area (Å²) in [5, 5.41) is 3.00. The first kappa shape index (κ1) is 20.4. The van der Waals surface area contributed by atoms with Crippen LogP contribution in [0.4, 0.5) is 0 Å². The Morgan fingerprint density at radius 2 is 1.79 bits per heavy atom. The number of piperidine rings is 1. The molecule has 0 spiro atoms. The first-order chi connectivity index (χ1) is 11.2. The standard InChI is InChI=1S/C17H26N2O4.ClH/c1-18-10-7-16(20)19-11-8-13(9-12-19)23-17-14(21-2)5-4-6-15(17)22-3;/h4-6,13,18H,7-12H2,1-3H3;1H. The van der Waals surface area contributed by atoms with Crippen molar-refractivity contribution in [2.24, 2.45) is 0 Å². The molecule has 0 atom stereocenters. The molecule has 1 amide bonds. The summed E-state index contributed by atoms with van der Waals surface area (Å²) >= 11 is 0. The highest BCUT2D eigenvalue weighted by Gasteiger charge is 2.25. The summed E-state index contributed by atoms with van der Waals surface area (Å²) in [7, 11) is 5.09. The molecule has 1 heterocycles. The summed E-state index contributed by atoms with van der Waals surface area (Å²) in [6.07, 6.45) is 2.23. The summed E-state index contributed by atoms with van der Waals surface area (Å²) < 4.78 is 16.8. The second kappa shape index (κ2) is 10.3. The van der Waals surface area contributed by atoms with Gasteiger partial charge in [-0.1, -0.05) is 6.07 Å². The van der Waals surface area contributed by atoms with Crippen molar-refractivity contribution in [2.45, 2.75) is 25.4 Å². The summed E-state index contributed by atoms with van der Waals surface area (Å²) in [5.74, 6) is 2.17. The van der Waals surface area contributed by atoms with Crippen LogP contribution >= 0.6 is 12.4 Å². The molecule has 0 aliphatic carbocycles. The lowest BCUT2D eigenvalue weighted by Crippen LogP contribution is -2.42. The molecule has 1 aliphatic heterocycles. The second-order valence-corrected chi connectivity index (χ2v) is 5.54. The number of likely N-dealkylation sites (tertiary alicyclic amines) is 1. The number of carbonyl (C=O) groups is 1. The lowest BCUT2D eigenvalue weighted by atomic mass is 10.1. The van der Waals surface area contributed by atoms with Gasteiger partial charge in [0.15, 0.2) is 11.5 Å². The number of carbonyl (C=O) groups excluding carboxylic acids is 1. The Balaban J connectivity index is 0.00000288. The van der Waals surface area contributed by atoms with Gasteiger partial charge >= 0.3 is 0 Å². The van der Waals surface area contributed by atoms with E-state index in [-0.39, 0.29) is 24.4 Å². The number of para-hydroxylation sites is 1. The van der Waals surface area contributed by atoms with Crippen LogP contribution in [0.3, 0.4) is 0 Å². The van der Waals surface area contributed by atoms with Gasteiger partial charge < -0.3 is 24.4 Å². The van der Waals surface area contributed by atoms with E-state index in [1.54, 1.807) is 14.2 Å². The Kier molecular flexibility index (Phi) is 8.71. The molecule has 1 aromatic carbocycles. The third-order valence-electron chi connectivity index (χ3n) is 4.05. The molecule has 1 aromatic rings. The molecular weight excluding hydrogens is 332 g/mol. The molecule has 136 valence electrons. The highest BCUT2D eigenvalue weighted by Crippen LogP contribution is 2.38. The van der Waals surface area contributed by atoms with Crippen molar-refractivity contribution >= 4 is 18.3 Å². The van der Waals surface area contributed by atoms with Crippen LogP contribution in [-0.2, 0) is 4.79 Å². The first-order valence-electron chi connectivity index (χ1n) is 7.99. The van der Waals surface area contributed by atoms with Crippen molar-refractivity contribution in [1.82, 2.24) is 10.2 Å². The van der Waals surface area contributed by atoms with E-state index in [4.69, 9.17) is 14.2 Å². The van der Waals surface area contributed by atoms with E-state index in [9.17, 15) is 4.79 Å². The Labute approximate surface area is 149 Å². The van der Waals surface area contributed by atoms with E-state index in [0.717, 1.165) is 25.9 Å². The molecule has 0 radical (unpaired) electrons. The van der Waals surface area contributed by atoms with Crippen LogP contribution in [-0.4, -0.2) is 57.8 Å². The van der Waals surface area contributed by atoms with Crippen LogP contribution in [0.25, 0.3) is 0 Å². The molecule has 1 fully saturated rings. The van der Waals surface area contributed by atoms with E-state index < -0.39 is 0 Å². The topological polar surface area (TPSA) is 60.0 Å². The van der Waals surface area contributed by atoms with Gasteiger partial charge in [0, 0.05) is 38.9 Å². The Morgan fingerprint density at radius 3 is 2.29 bits per heavy atom. The van der Waals surface area contributed by atoms with E-state index in [1.165, 1.54) is 0 Å². The normalized spacial score (nSPS) is 14.7. The van der Waals surface area contributed by atoms with Gasteiger partial charge in [-0.05, 0) is 19.2 Å². The molecule has 24 heavy (non-hydrogen) atoms. The van der Waals surface area contributed by atoms with Crippen molar-refractivity contribution in [3.63, 3.8) is 0 Å². The zero-order chi connectivity index (χ0) is 16.7. The average molecular weight is 359 g/mol. The number of halogens is 1. The van der Waals surface area contributed by atoms with Gasteiger partial charge in [-0.15, -0.1) is 12.4 Å². The number of ether oxygens (including phenoxy) is 3. The van der Waals surface area contributed by atoms with Crippen molar-refractivity contribution in [2.75, 3.05) is 40.9 Å². The minimum Gasteiger partial charge on any atom is -0.493 e. The number of hydrogen-bond acceptors (Lipinski definition) is 5. The van der Waals surface area contributed by atoms with E-state index >= 15 is 0 Å². The smallest absolute Gasteiger partial charge is 0.223 e. The molecule has 0 bridgehead atoms. The van der Waals surface area contributed by atoms with Gasteiger partial charge in [-0.2, -0.15) is 0 Å². The Morgan fingerprint density at radius 1 is 1.21 bits per heavy atom. The molecule has 2 rings (SSSR count). The Hall–Kier alpha value is -1.66. The number of hydrogen-bond donors (Lipinski definition) is 1. The molecule has 1 N–H and O–H groups in total. The maximum absolute atomic E-state index is 12.0. The van der Waals surface area contributed by atoms with Crippen LogP contribution in [0.2, 0.25) is 0 Å². The molecule has 0 aromatic heterocycles. The van der Waals surface area contributed by atoms with E-state index in [2.05, 4.69) is 5.32 Å². The summed E-state index contributed by atoms with van der Waals surface area (Å²) in [4.78, 5) is 13.9. The van der Waals surface area contributed by atoms with Gasteiger partial charge in [0.25, 0.3) is 0 Å². The predicted octanol–water partition coefficient (Wildman–Crippen LogP) is 2.10. The second-order valence-electron chi connectivity index (χ2n) is 5.54. The van der Waals surface area contributed by atoms with Crippen LogP contribution < -0.4 is 19.5 Å². The van der Waals surface area contributed by atoms with Crippen molar-refractivity contribution in [1.29, 1.82) is 0 Å². The lowest BCUT2D eigenvalue weighted by Gasteiger charge is -2.32. The van der Waals surface area contributed by atoms with Gasteiger partial charge in [-0.25, -0.2) is 0 Å². The highest BCUT2D eigenvalue weighted by atomic mass is 35.5. The number of rotatable bonds is 7. The first-order valence-corrected chi connectivity index (χ1v) is 7.99. The summed E-state index contributed by atoms with van der Waals surface area (Å²) in [6.45, 7) is 2.17. The van der Waals surface area contributed by atoms with Crippen LogP contribution in [0.5, 0.6) is 17.2 Å². The van der Waals surface area contributed by atoms with Gasteiger partial charge in [0.1, 0.15) is 6.10 Å². The number of amides is 1. The van der Waals surface area contributed by atoms with Gasteiger partial charge in [0.2, 0.25) is 11.7 Å². The van der Waals surface area contributed by atoms with E-state index in [0.29, 0.717) is 30.2 Å². The molecule has 1 saturated heterocycles. The summed E-state index contributed by atoms with van der Waals surface area (Å²) in [5.41, 5.74) is 0. The quantitative estimate of drug-likeness (QED) is 0.809. The predicted molar refractivity (Wildman–Crippen MR) is 95.6 cm³/mol. The molecule has 6 nitrogen and oxygen atoms in total. The molecular formula is C17H27ClN2O4. The third kappa shape index (κ3) is 5.18. The zero-order valence-electron chi connectivity index (χ0n) is 14.5. The minimum absolute atomic E-state index is 0. The number of methoxy groups -OCH3 is 2. The highest BCUT2D eigenvalue weighted by molar-refractivity contribution is 5.85. The molecule has 7 heteroatoms. The molecule has 1 aliphatic rings. The van der Waals surface area contributed by atoms with Crippen LogP contribution in [0, 0.1) is 0 Å². The number of benzene rings is 1. The van der Waals surface area contributed by atoms with Crippen LogP contribution in [0.1, 0.15) is 19.3 Å². The van der Waals surface area contributed by atoms with Crippen molar-refractivity contribution < 1.29 is 19.0 Å². The van der Waals surface area contributed by atoms with Gasteiger partial charge in [-0.3, -0.25) is 4.79 Å². The van der Waals surface area contributed by atoms with Crippen molar-refractivity contribution in [3.05, 3.63) is 18.2 Å². The summed E-state index contributed by atoms with van der Waals surface area (Å²) in [6, 6.07) is 5.58. The minimum atomic E-state index is 0. The third-order valence-corrected chi connectivity index (χ3v) is 4.05. The van der Waals surface area contributed by atoms with E-state index in [1.807, 2.05) is 30.1 Å². The fraction of sp³-hybridized carbons (Fsp3) is 0.588. The number of nitrogens with zero attached hydrogens (tertiary/aromatic N) is 1. The maximum Gasteiger partial charge on any atom is 0.223 e. The fourth-order valence-electron chi connectivity index (χ4n) is 2.71. The largest absolute Gasteiger partial charge is 0.493 e. The fourth-order valence-corrected chi connectivity index (χ4v) is 2.71. The monoisotopic (exact) mass is 358 g/mol. The number of nitrogens with one attached hydrogen (secondary N) is 1. The average Bonchev–Trinajstić information content (AvgIpc) is 2.60. The maximum atomic E-state index is 12.0. The van der Waals surface area contributed by atoms with Crippen molar-refractivity contribution in [3.8, 4) is 17.2 Å². The SMILES string of the molecule is CNCCC(=O)N1CCC(Oc2c(OC)cccc2OC)CC1.Cl. The zero-order valence-corrected chi connectivity index (χ0v) is 15.4. The molecule has 0 unspecified atom stereocenters. The molecule has 0 saturated carbocycles. The lowest BCUT2D eigenvalue weighted by molar-refractivity contribution is -0.132. The van der Waals surface area contributed by atoms with Crippen LogP contribution in [0.15, 0.2) is 18.2 Å². The Bertz CT molecular complexity index is 497.